The number of halogens is 2. The molecule has 1 spiro atoms. The van der Waals surface area contributed by atoms with E-state index in [0.717, 1.165) is 92.8 Å². The number of aromatic nitrogens is 6. The van der Waals surface area contributed by atoms with Gasteiger partial charge in [-0.15, -0.1) is 0 Å². The number of aryl methyl sites for hydroxylation is 2. The molecule has 8 rings (SSSR count). The van der Waals surface area contributed by atoms with Crippen LogP contribution in [-0.2, 0) is 31.2 Å². The van der Waals surface area contributed by atoms with E-state index >= 15 is 0 Å². The number of aromatic carboxylic acids is 1. The number of hydrogen-bond acceptors (Lipinski definition) is 8. The highest BCUT2D eigenvalue weighted by molar-refractivity contribution is 5.86. The van der Waals surface area contributed by atoms with Crippen molar-refractivity contribution in [3.05, 3.63) is 64.9 Å². The SMILES string of the molecule is CC(=O)N1CCc2c(c(N3CCCc4cc(-c5cnn(C)c5)c(C(F)F)cc43)nn2C2CCC3(CC2)CCN(c2ncc(C(=O)O)cn2)CC3)C1. The molecular formula is C37H43F2N9O3. The molecule has 0 bridgehead atoms. The summed E-state index contributed by atoms with van der Waals surface area (Å²) < 4.78 is 33.1. The minimum atomic E-state index is -2.65. The molecule has 1 amide bonds. The molecule has 1 saturated heterocycles. The van der Waals surface area contributed by atoms with Gasteiger partial charge in [-0.2, -0.15) is 10.2 Å². The molecule has 0 radical (unpaired) electrons. The molecule has 0 atom stereocenters. The van der Waals surface area contributed by atoms with Crippen molar-refractivity contribution in [2.24, 2.45) is 12.5 Å². The van der Waals surface area contributed by atoms with E-state index in [1.807, 2.05) is 11.0 Å². The summed E-state index contributed by atoms with van der Waals surface area (Å²) in [6, 6.07) is 3.79. The van der Waals surface area contributed by atoms with Crippen LogP contribution in [0.4, 0.5) is 26.2 Å². The highest BCUT2D eigenvalue weighted by atomic mass is 19.3. The zero-order chi connectivity index (χ0) is 35.4. The van der Waals surface area contributed by atoms with Gasteiger partial charge in [0.15, 0.2) is 5.82 Å². The van der Waals surface area contributed by atoms with Crippen LogP contribution in [0.25, 0.3) is 11.1 Å². The van der Waals surface area contributed by atoms with Gasteiger partial charge < -0.3 is 19.8 Å². The maximum Gasteiger partial charge on any atom is 0.338 e. The molecule has 1 N–H and O–H groups in total. The third kappa shape index (κ3) is 6.12. The molecule has 1 saturated carbocycles. The highest BCUT2D eigenvalue weighted by Crippen LogP contribution is 2.49. The van der Waals surface area contributed by atoms with Crippen molar-refractivity contribution in [1.82, 2.24) is 34.4 Å². The number of amides is 1. The standard InChI is InChI=1S/C37H43F2N9O3/c1-23(49)46-13-7-31-30(22-46)34(47-12-3-4-24-16-28(26-20-42-44(2)21-26)29(33(38)39)17-32(24)47)43-48(31)27-5-8-37(9-6-27)10-14-45(15-11-37)36-40-18-25(19-41-36)35(50)51/h16-21,27,33H,3-15,22H2,1-2H3,(H,50,51). The fourth-order valence-electron chi connectivity index (χ4n) is 8.81. The van der Waals surface area contributed by atoms with Gasteiger partial charge in [-0.05, 0) is 80.0 Å². The van der Waals surface area contributed by atoms with Gasteiger partial charge in [-0.25, -0.2) is 23.5 Å². The summed E-state index contributed by atoms with van der Waals surface area (Å²) in [6.07, 6.45) is 12.1. The monoisotopic (exact) mass is 699 g/mol. The number of anilines is 3. The highest BCUT2D eigenvalue weighted by Gasteiger charge is 2.41. The number of carboxylic acid groups (broad SMARTS) is 1. The third-order valence-electron chi connectivity index (χ3n) is 11.7. The number of piperidine rings is 1. The third-order valence-corrected chi connectivity index (χ3v) is 11.7. The Morgan fingerprint density at radius 1 is 0.980 bits per heavy atom. The molecule has 1 aliphatic carbocycles. The summed E-state index contributed by atoms with van der Waals surface area (Å²) in [5.74, 6) is 0.351. The molecule has 51 heavy (non-hydrogen) atoms. The number of alkyl halides is 2. The Morgan fingerprint density at radius 3 is 2.37 bits per heavy atom. The second kappa shape index (κ2) is 13.0. The summed E-state index contributed by atoms with van der Waals surface area (Å²) in [6.45, 7) is 5.02. The van der Waals surface area contributed by atoms with Crippen LogP contribution in [0.2, 0.25) is 0 Å². The van der Waals surface area contributed by atoms with Crippen LogP contribution < -0.4 is 9.80 Å². The number of carboxylic acids is 1. The molecule has 0 unspecified atom stereocenters. The average molecular weight is 700 g/mol. The number of fused-ring (bicyclic) bond motifs is 2. The first-order valence-electron chi connectivity index (χ1n) is 18.0. The van der Waals surface area contributed by atoms with Gasteiger partial charge in [-0.1, -0.05) is 0 Å². The van der Waals surface area contributed by atoms with E-state index in [4.69, 9.17) is 5.10 Å². The Kier molecular flexibility index (Phi) is 8.50. The molecule has 268 valence electrons. The summed E-state index contributed by atoms with van der Waals surface area (Å²) in [4.78, 5) is 38.6. The van der Waals surface area contributed by atoms with Crippen molar-refractivity contribution in [1.29, 1.82) is 0 Å². The molecule has 4 aliphatic rings. The minimum Gasteiger partial charge on any atom is -0.478 e. The minimum absolute atomic E-state index is 0.0141. The maximum atomic E-state index is 14.6. The first-order valence-corrected chi connectivity index (χ1v) is 18.0. The summed E-state index contributed by atoms with van der Waals surface area (Å²) in [5.41, 5.74) is 5.47. The second-order valence-electron chi connectivity index (χ2n) is 14.7. The number of hydrogen-bond donors (Lipinski definition) is 1. The van der Waals surface area contributed by atoms with E-state index in [0.29, 0.717) is 43.1 Å². The van der Waals surface area contributed by atoms with Gasteiger partial charge in [0.05, 0.1) is 24.3 Å². The van der Waals surface area contributed by atoms with Crippen molar-refractivity contribution in [2.75, 3.05) is 36.0 Å². The Morgan fingerprint density at radius 2 is 1.73 bits per heavy atom. The zero-order valence-electron chi connectivity index (χ0n) is 29.1. The average Bonchev–Trinajstić information content (AvgIpc) is 3.75. The summed E-state index contributed by atoms with van der Waals surface area (Å²) in [5, 5.41) is 18.8. The van der Waals surface area contributed by atoms with Crippen molar-refractivity contribution in [3.63, 3.8) is 0 Å². The lowest BCUT2D eigenvalue weighted by atomic mass is 9.67. The number of carbonyl (C=O) groups is 2. The van der Waals surface area contributed by atoms with E-state index in [2.05, 4.69) is 29.5 Å². The van der Waals surface area contributed by atoms with E-state index in [9.17, 15) is 23.5 Å². The predicted octanol–water partition coefficient (Wildman–Crippen LogP) is 6.10. The largest absolute Gasteiger partial charge is 0.478 e. The summed E-state index contributed by atoms with van der Waals surface area (Å²) in [7, 11) is 1.78. The molecule has 2 fully saturated rings. The van der Waals surface area contributed by atoms with Gasteiger partial charge in [0, 0.05) is 93.2 Å². The first-order chi connectivity index (χ1) is 24.6. The molecule has 1 aromatic carbocycles. The van der Waals surface area contributed by atoms with Crippen LogP contribution in [-0.4, -0.2) is 77.6 Å². The Labute approximate surface area is 295 Å². The molecule has 12 nitrogen and oxygen atoms in total. The number of nitrogens with zero attached hydrogens (tertiary/aromatic N) is 9. The Balaban J connectivity index is 1.06. The second-order valence-corrected chi connectivity index (χ2v) is 14.7. The van der Waals surface area contributed by atoms with E-state index in [-0.39, 0.29) is 28.5 Å². The molecular weight excluding hydrogens is 656 g/mol. The van der Waals surface area contributed by atoms with Crippen LogP contribution in [0.15, 0.2) is 36.9 Å². The van der Waals surface area contributed by atoms with E-state index in [1.54, 1.807) is 37.1 Å². The van der Waals surface area contributed by atoms with Crippen LogP contribution in [0.5, 0.6) is 0 Å². The van der Waals surface area contributed by atoms with E-state index < -0.39 is 12.4 Å². The van der Waals surface area contributed by atoms with Crippen LogP contribution >= 0.6 is 0 Å². The quantitative estimate of drug-likeness (QED) is 0.254. The normalized spacial score (nSPS) is 19.0. The lowest BCUT2D eigenvalue weighted by Crippen LogP contribution is -2.43. The van der Waals surface area contributed by atoms with Gasteiger partial charge in [0.1, 0.15) is 0 Å². The van der Waals surface area contributed by atoms with Crippen LogP contribution in [0, 0.1) is 5.41 Å². The summed E-state index contributed by atoms with van der Waals surface area (Å²) >= 11 is 0. The van der Waals surface area contributed by atoms with Crippen molar-refractivity contribution in [3.8, 4) is 11.1 Å². The number of benzene rings is 1. The van der Waals surface area contributed by atoms with Gasteiger partial charge in [0.25, 0.3) is 6.43 Å². The molecule has 3 aromatic heterocycles. The lowest BCUT2D eigenvalue weighted by molar-refractivity contribution is -0.129. The van der Waals surface area contributed by atoms with E-state index in [1.165, 1.54) is 12.4 Å². The van der Waals surface area contributed by atoms with Crippen molar-refractivity contribution in [2.45, 2.75) is 83.7 Å². The van der Waals surface area contributed by atoms with Gasteiger partial charge >= 0.3 is 5.97 Å². The molecule has 6 heterocycles. The van der Waals surface area contributed by atoms with Gasteiger partial charge in [-0.3, -0.25) is 14.2 Å². The van der Waals surface area contributed by atoms with Crippen molar-refractivity contribution >= 4 is 29.3 Å². The molecule has 4 aromatic rings. The number of rotatable bonds is 6. The first kappa shape index (κ1) is 33.3. The van der Waals surface area contributed by atoms with Gasteiger partial charge in [0.2, 0.25) is 11.9 Å². The Hall–Kier alpha value is -4.88. The topological polar surface area (TPSA) is 126 Å². The fourth-order valence-corrected chi connectivity index (χ4v) is 8.81. The molecule has 3 aliphatic heterocycles. The van der Waals surface area contributed by atoms with Crippen LogP contribution in [0.1, 0.15) is 97.1 Å². The van der Waals surface area contributed by atoms with Crippen molar-refractivity contribution < 1.29 is 23.5 Å². The maximum absolute atomic E-state index is 14.6. The predicted molar refractivity (Wildman–Crippen MR) is 186 cm³/mol. The zero-order valence-corrected chi connectivity index (χ0v) is 29.1. The Bertz CT molecular complexity index is 1960. The number of carbonyl (C=O) groups excluding carboxylic acids is 1. The smallest absolute Gasteiger partial charge is 0.338 e. The lowest BCUT2D eigenvalue weighted by Gasteiger charge is -2.46. The van der Waals surface area contributed by atoms with Crippen LogP contribution in [0.3, 0.4) is 0 Å². The fraction of sp³-hybridized carbons (Fsp3) is 0.514. The molecule has 14 heteroatoms.